The van der Waals surface area contributed by atoms with Crippen LogP contribution in [0.5, 0.6) is 0 Å². The summed E-state index contributed by atoms with van der Waals surface area (Å²) in [5.74, 6) is -0.828. The van der Waals surface area contributed by atoms with E-state index in [4.69, 9.17) is 0 Å². The number of nitrogens with one attached hydrogen (secondary N) is 1. The summed E-state index contributed by atoms with van der Waals surface area (Å²) >= 11 is 0. The minimum atomic E-state index is -0.821. The van der Waals surface area contributed by atoms with Gasteiger partial charge in [0.05, 0.1) is 13.1 Å². The highest BCUT2D eigenvalue weighted by atomic mass is 19.2. The summed E-state index contributed by atoms with van der Waals surface area (Å²) in [4.78, 5) is 4.14. The third-order valence-electron chi connectivity index (χ3n) is 2.51. The third kappa shape index (κ3) is 2.50. The molecule has 0 aliphatic rings. The molecule has 1 N–H and O–H groups in total. The van der Waals surface area contributed by atoms with Gasteiger partial charge < -0.3 is 9.88 Å². The van der Waals surface area contributed by atoms with E-state index in [-0.39, 0.29) is 6.54 Å². The molecule has 0 atom stereocenters. The van der Waals surface area contributed by atoms with E-state index in [0.717, 1.165) is 11.9 Å². The Morgan fingerprint density at radius 3 is 2.94 bits per heavy atom. The molecule has 0 fully saturated rings. The Kier molecular flexibility index (Phi) is 3.49. The fourth-order valence-corrected chi connectivity index (χ4v) is 1.66. The minimum absolute atomic E-state index is 0.278. The highest BCUT2D eigenvalue weighted by molar-refractivity contribution is 5.19. The minimum Gasteiger partial charge on any atom is -0.329 e. The third-order valence-corrected chi connectivity index (χ3v) is 2.51. The van der Waals surface area contributed by atoms with Gasteiger partial charge in [0.15, 0.2) is 11.6 Å². The molecule has 17 heavy (non-hydrogen) atoms. The van der Waals surface area contributed by atoms with E-state index >= 15 is 0 Å². The molecule has 2 aromatic rings. The highest BCUT2D eigenvalue weighted by Gasteiger charge is 2.09. The average Bonchev–Trinajstić information content (AvgIpc) is 2.73. The molecule has 0 bridgehead atoms. The molecule has 1 aromatic carbocycles. The molecule has 0 amide bonds. The van der Waals surface area contributed by atoms with Gasteiger partial charge in [-0.2, -0.15) is 0 Å². The Hall–Kier alpha value is -1.75. The summed E-state index contributed by atoms with van der Waals surface area (Å²) in [6.07, 6.45) is 3.39. The number of hydrogen-bond donors (Lipinski definition) is 1. The van der Waals surface area contributed by atoms with Gasteiger partial charge in [-0.15, -0.1) is 0 Å². The molecule has 0 aliphatic heterocycles. The lowest BCUT2D eigenvalue weighted by Crippen LogP contribution is -2.13. The molecule has 2 rings (SSSR count). The van der Waals surface area contributed by atoms with Crippen LogP contribution in [-0.4, -0.2) is 16.6 Å². The summed E-state index contributed by atoms with van der Waals surface area (Å²) in [5.41, 5.74) is 0.320. The lowest BCUT2D eigenvalue weighted by Gasteiger charge is -2.08. The van der Waals surface area contributed by atoms with Gasteiger partial charge in [-0.3, -0.25) is 0 Å². The monoisotopic (exact) mass is 237 g/mol. The Bertz CT molecular complexity index is 508. The van der Waals surface area contributed by atoms with Crippen molar-refractivity contribution in [3.8, 4) is 0 Å². The van der Waals surface area contributed by atoms with Crippen LogP contribution >= 0.6 is 0 Å². The van der Waals surface area contributed by atoms with E-state index in [2.05, 4.69) is 10.3 Å². The molecule has 5 heteroatoms. The van der Waals surface area contributed by atoms with E-state index in [1.54, 1.807) is 23.0 Å². The van der Waals surface area contributed by atoms with Crippen LogP contribution in [0, 0.1) is 11.6 Å². The molecule has 0 radical (unpaired) electrons. The largest absolute Gasteiger partial charge is 0.329 e. The molecule has 1 aromatic heterocycles. The number of hydrogen-bond acceptors (Lipinski definition) is 2. The maximum atomic E-state index is 13.5. The molecule has 0 saturated heterocycles. The van der Waals surface area contributed by atoms with Gasteiger partial charge in [-0.25, -0.2) is 13.8 Å². The quantitative estimate of drug-likeness (QED) is 0.880. The van der Waals surface area contributed by atoms with Crippen molar-refractivity contribution in [2.45, 2.75) is 13.1 Å². The predicted octanol–water partition coefficient (Wildman–Crippen LogP) is 1.93. The van der Waals surface area contributed by atoms with Crippen molar-refractivity contribution in [2.24, 2.45) is 0 Å². The fraction of sp³-hybridized carbons (Fsp3) is 0.250. The second-order valence-electron chi connectivity index (χ2n) is 3.71. The predicted molar refractivity (Wildman–Crippen MR) is 60.5 cm³/mol. The van der Waals surface area contributed by atoms with Gasteiger partial charge in [-0.1, -0.05) is 12.1 Å². The van der Waals surface area contributed by atoms with Crippen molar-refractivity contribution >= 4 is 0 Å². The van der Waals surface area contributed by atoms with Gasteiger partial charge in [0.1, 0.15) is 5.82 Å². The molecule has 0 unspecified atom stereocenters. The van der Waals surface area contributed by atoms with Crippen molar-refractivity contribution in [3.63, 3.8) is 0 Å². The number of nitrogens with zero attached hydrogens (tertiary/aromatic N) is 2. The summed E-state index contributed by atoms with van der Waals surface area (Å²) in [6, 6.07) is 4.19. The zero-order valence-corrected chi connectivity index (χ0v) is 9.45. The molecule has 0 spiro atoms. The zero-order chi connectivity index (χ0) is 12.3. The van der Waals surface area contributed by atoms with E-state index in [9.17, 15) is 8.78 Å². The zero-order valence-electron chi connectivity index (χ0n) is 9.45. The number of benzene rings is 1. The Labute approximate surface area is 98.1 Å². The van der Waals surface area contributed by atoms with Crippen molar-refractivity contribution in [3.05, 3.63) is 53.6 Å². The lowest BCUT2D eigenvalue weighted by molar-refractivity contribution is 0.493. The molecular weight excluding hydrogens is 224 g/mol. The Balaban J connectivity index is 2.25. The van der Waals surface area contributed by atoms with Crippen LogP contribution in [0.1, 0.15) is 11.4 Å². The number of halogens is 2. The summed E-state index contributed by atoms with van der Waals surface area (Å²) in [6.45, 7) is 0.866. The van der Waals surface area contributed by atoms with Crippen LogP contribution in [0.4, 0.5) is 8.78 Å². The molecule has 90 valence electrons. The highest BCUT2D eigenvalue weighted by Crippen LogP contribution is 2.13. The first-order chi connectivity index (χ1) is 8.22. The first-order valence-electron chi connectivity index (χ1n) is 5.30. The van der Waals surface area contributed by atoms with Gasteiger partial charge in [0.25, 0.3) is 0 Å². The Morgan fingerprint density at radius 2 is 2.18 bits per heavy atom. The van der Waals surface area contributed by atoms with Gasteiger partial charge in [0.2, 0.25) is 0 Å². The van der Waals surface area contributed by atoms with Crippen LogP contribution < -0.4 is 5.32 Å². The smallest absolute Gasteiger partial charge is 0.163 e. The first kappa shape index (κ1) is 11.7. The van der Waals surface area contributed by atoms with Crippen LogP contribution in [0.25, 0.3) is 0 Å². The number of imidazole rings is 1. The van der Waals surface area contributed by atoms with Crippen LogP contribution in [0.3, 0.4) is 0 Å². The standard InChI is InChI=1S/C12H13F2N3/c1-15-7-11-16-5-6-17(11)8-9-3-2-4-10(13)12(9)14/h2-6,15H,7-8H2,1H3. The van der Waals surface area contributed by atoms with Gasteiger partial charge in [-0.05, 0) is 13.1 Å². The van der Waals surface area contributed by atoms with Crippen molar-refractivity contribution in [2.75, 3.05) is 7.05 Å². The normalized spacial score (nSPS) is 10.8. The van der Waals surface area contributed by atoms with Crippen LogP contribution in [0.15, 0.2) is 30.6 Å². The topological polar surface area (TPSA) is 29.9 Å². The maximum Gasteiger partial charge on any atom is 0.163 e. The lowest BCUT2D eigenvalue weighted by atomic mass is 10.2. The maximum absolute atomic E-state index is 13.5. The van der Waals surface area contributed by atoms with Crippen LogP contribution in [0.2, 0.25) is 0 Å². The Morgan fingerprint density at radius 1 is 1.35 bits per heavy atom. The van der Waals surface area contributed by atoms with E-state index < -0.39 is 11.6 Å². The molecule has 1 heterocycles. The number of rotatable bonds is 4. The van der Waals surface area contributed by atoms with E-state index in [1.165, 1.54) is 6.07 Å². The summed E-state index contributed by atoms with van der Waals surface area (Å²) < 4.78 is 28.3. The van der Waals surface area contributed by atoms with Crippen LogP contribution in [-0.2, 0) is 13.1 Å². The average molecular weight is 237 g/mol. The summed E-state index contributed by atoms with van der Waals surface area (Å²) in [7, 11) is 1.81. The molecule has 0 saturated carbocycles. The number of aromatic nitrogens is 2. The fourth-order valence-electron chi connectivity index (χ4n) is 1.66. The van der Waals surface area contributed by atoms with Crippen molar-refractivity contribution < 1.29 is 8.78 Å². The molecule has 3 nitrogen and oxygen atoms in total. The van der Waals surface area contributed by atoms with Gasteiger partial charge >= 0.3 is 0 Å². The van der Waals surface area contributed by atoms with Gasteiger partial charge in [0, 0.05) is 18.0 Å². The van der Waals surface area contributed by atoms with Crippen molar-refractivity contribution in [1.82, 2.24) is 14.9 Å². The van der Waals surface area contributed by atoms with E-state index in [1.807, 2.05) is 7.05 Å². The first-order valence-corrected chi connectivity index (χ1v) is 5.30. The molecular formula is C12H13F2N3. The molecule has 0 aliphatic carbocycles. The second kappa shape index (κ2) is 5.05. The van der Waals surface area contributed by atoms with E-state index in [0.29, 0.717) is 12.1 Å². The van der Waals surface area contributed by atoms with Crippen molar-refractivity contribution in [1.29, 1.82) is 0 Å². The summed E-state index contributed by atoms with van der Waals surface area (Å²) in [5, 5.41) is 2.97. The SMILES string of the molecule is CNCc1nccn1Cc1cccc(F)c1F. The second-order valence-corrected chi connectivity index (χ2v) is 3.71.